The van der Waals surface area contributed by atoms with Crippen molar-refractivity contribution in [2.75, 3.05) is 32.1 Å². The van der Waals surface area contributed by atoms with E-state index < -0.39 is 0 Å². The van der Waals surface area contributed by atoms with Crippen molar-refractivity contribution in [1.82, 2.24) is 4.90 Å². The molecule has 2 amide bonds. The van der Waals surface area contributed by atoms with Gasteiger partial charge in [0.2, 0.25) is 0 Å². The summed E-state index contributed by atoms with van der Waals surface area (Å²) >= 11 is 0. The summed E-state index contributed by atoms with van der Waals surface area (Å²) in [6.07, 6.45) is 0. The van der Waals surface area contributed by atoms with E-state index in [-0.39, 0.29) is 17.2 Å². The highest BCUT2D eigenvalue weighted by molar-refractivity contribution is 6.07. The number of carbonyl (C=O) groups is 2. The first-order chi connectivity index (χ1) is 12.2. The first-order valence-corrected chi connectivity index (χ1v) is 8.64. The van der Waals surface area contributed by atoms with E-state index in [1.165, 1.54) is 0 Å². The Morgan fingerprint density at radius 3 is 2.08 bits per heavy atom. The topological polar surface area (TPSA) is 66.6 Å². The van der Waals surface area contributed by atoms with E-state index >= 15 is 0 Å². The molecular formula is C21H27N3O2. The maximum atomic E-state index is 12.7. The van der Waals surface area contributed by atoms with E-state index in [9.17, 15) is 9.59 Å². The van der Waals surface area contributed by atoms with E-state index in [1.54, 1.807) is 48.2 Å². The summed E-state index contributed by atoms with van der Waals surface area (Å²) in [5.74, 6) is -0.278. The first-order valence-electron chi connectivity index (χ1n) is 8.64. The van der Waals surface area contributed by atoms with Crippen molar-refractivity contribution < 1.29 is 9.59 Å². The lowest BCUT2D eigenvalue weighted by Crippen LogP contribution is -2.39. The maximum Gasteiger partial charge on any atom is 0.258 e. The van der Waals surface area contributed by atoms with Gasteiger partial charge in [0.1, 0.15) is 0 Å². The van der Waals surface area contributed by atoms with Crippen molar-refractivity contribution in [2.24, 2.45) is 11.1 Å². The number of nitrogens with two attached hydrogens (primary N) is 1. The summed E-state index contributed by atoms with van der Waals surface area (Å²) in [5, 5.41) is 0. The Morgan fingerprint density at radius 1 is 0.923 bits per heavy atom. The minimum atomic E-state index is -0.161. The van der Waals surface area contributed by atoms with Gasteiger partial charge in [0, 0.05) is 37.5 Å². The van der Waals surface area contributed by atoms with Crippen LogP contribution < -0.4 is 10.6 Å². The van der Waals surface area contributed by atoms with E-state index in [0.717, 1.165) is 5.69 Å². The largest absolute Gasteiger partial charge is 0.341 e. The molecule has 0 fully saturated rings. The van der Waals surface area contributed by atoms with Gasteiger partial charge in [-0.2, -0.15) is 0 Å². The lowest BCUT2D eigenvalue weighted by molar-refractivity contribution is 0.0740. The Bertz CT molecular complexity index is 772. The molecule has 0 bridgehead atoms. The molecule has 0 heterocycles. The highest BCUT2D eigenvalue weighted by Crippen LogP contribution is 2.18. The highest BCUT2D eigenvalue weighted by atomic mass is 16.2. The molecule has 2 aromatic carbocycles. The molecule has 5 nitrogen and oxygen atoms in total. The number of hydrogen-bond acceptors (Lipinski definition) is 3. The summed E-state index contributed by atoms with van der Waals surface area (Å²) < 4.78 is 0. The van der Waals surface area contributed by atoms with Crippen molar-refractivity contribution in [3.05, 3.63) is 65.7 Å². The molecule has 0 atom stereocenters. The fraction of sp³-hybridized carbons (Fsp3) is 0.333. The van der Waals surface area contributed by atoms with Gasteiger partial charge < -0.3 is 15.5 Å². The third-order valence-corrected chi connectivity index (χ3v) is 4.37. The molecule has 0 saturated carbocycles. The van der Waals surface area contributed by atoms with Crippen molar-refractivity contribution in [2.45, 2.75) is 13.8 Å². The molecule has 138 valence electrons. The number of hydrogen-bond donors (Lipinski definition) is 1. The molecule has 0 aliphatic heterocycles. The Kier molecular flexibility index (Phi) is 6.16. The van der Waals surface area contributed by atoms with Crippen LogP contribution in [0.2, 0.25) is 0 Å². The smallest absolute Gasteiger partial charge is 0.258 e. The predicted molar refractivity (Wildman–Crippen MR) is 105 cm³/mol. The fourth-order valence-electron chi connectivity index (χ4n) is 2.75. The number of amides is 2. The Labute approximate surface area is 155 Å². The zero-order valence-electron chi connectivity index (χ0n) is 15.9. The van der Waals surface area contributed by atoms with Gasteiger partial charge in [-0.05, 0) is 42.3 Å². The molecular weight excluding hydrogens is 326 g/mol. The van der Waals surface area contributed by atoms with Crippen molar-refractivity contribution >= 4 is 17.5 Å². The number of para-hydroxylation sites is 1. The van der Waals surface area contributed by atoms with E-state index in [1.807, 2.05) is 44.2 Å². The average molecular weight is 353 g/mol. The molecule has 0 radical (unpaired) electrons. The second-order valence-electron chi connectivity index (χ2n) is 7.31. The summed E-state index contributed by atoms with van der Waals surface area (Å²) in [6, 6.07) is 16.2. The van der Waals surface area contributed by atoms with Crippen LogP contribution in [0.15, 0.2) is 54.6 Å². The lowest BCUT2D eigenvalue weighted by atomic mass is 9.93. The van der Waals surface area contributed by atoms with Gasteiger partial charge in [-0.3, -0.25) is 9.59 Å². The molecule has 0 aliphatic rings. The normalized spacial score (nSPS) is 11.1. The van der Waals surface area contributed by atoms with Gasteiger partial charge in [0.05, 0.1) is 0 Å². The molecule has 2 N–H and O–H groups in total. The molecule has 0 aliphatic carbocycles. The third-order valence-electron chi connectivity index (χ3n) is 4.37. The number of rotatable bonds is 6. The summed E-state index contributed by atoms with van der Waals surface area (Å²) in [4.78, 5) is 28.7. The van der Waals surface area contributed by atoms with Gasteiger partial charge in [-0.15, -0.1) is 0 Å². The van der Waals surface area contributed by atoms with E-state index in [4.69, 9.17) is 5.73 Å². The summed E-state index contributed by atoms with van der Waals surface area (Å²) in [6.45, 7) is 5.08. The number of anilines is 1. The van der Waals surface area contributed by atoms with Gasteiger partial charge in [-0.1, -0.05) is 38.1 Å². The number of carbonyl (C=O) groups excluding carboxylic acids is 2. The van der Waals surface area contributed by atoms with Gasteiger partial charge in [-0.25, -0.2) is 0 Å². The van der Waals surface area contributed by atoms with Crippen LogP contribution in [-0.2, 0) is 0 Å². The molecule has 0 unspecified atom stereocenters. The van der Waals surface area contributed by atoms with Crippen LogP contribution in [0.1, 0.15) is 34.6 Å². The molecule has 26 heavy (non-hydrogen) atoms. The first kappa shape index (κ1) is 19.7. The number of benzene rings is 2. The number of nitrogens with zero attached hydrogens (tertiary/aromatic N) is 2. The molecule has 0 saturated heterocycles. The molecule has 5 heteroatoms. The van der Waals surface area contributed by atoms with Crippen LogP contribution >= 0.6 is 0 Å². The molecule has 0 aromatic heterocycles. The van der Waals surface area contributed by atoms with Gasteiger partial charge in [0.15, 0.2) is 0 Å². The van der Waals surface area contributed by atoms with Crippen LogP contribution in [0, 0.1) is 5.41 Å². The zero-order chi connectivity index (χ0) is 19.3. The SMILES string of the molecule is CN(CC(C)(C)CN)C(=O)c1cccc(C(=O)N(C)c2ccccc2)c1. The minimum Gasteiger partial charge on any atom is -0.341 e. The van der Waals surface area contributed by atoms with Crippen LogP contribution in [0.4, 0.5) is 5.69 Å². The standard InChI is InChI=1S/C21H27N3O2/c1-21(2,14-22)15-23(3)19(25)16-9-8-10-17(13-16)20(26)24(4)18-11-6-5-7-12-18/h5-13H,14-15,22H2,1-4H3. The van der Waals surface area contributed by atoms with Crippen molar-refractivity contribution in [3.8, 4) is 0 Å². The Balaban J connectivity index is 2.19. The monoisotopic (exact) mass is 353 g/mol. The fourth-order valence-corrected chi connectivity index (χ4v) is 2.75. The van der Waals surface area contributed by atoms with Crippen molar-refractivity contribution in [1.29, 1.82) is 0 Å². The van der Waals surface area contributed by atoms with Crippen LogP contribution in [0.25, 0.3) is 0 Å². The van der Waals surface area contributed by atoms with Gasteiger partial charge >= 0.3 is 0 Å². The average Bonchev–Trinajstić information content (AvgIpc) is 2.66. The van der Waals surface area contributed by atoms with Gasteiger partial charge in [0.25, 0.3) is 11.8 Å². The summed E-state index contributed by atoms with van der Waals surface area (Å²) in [7, 11) is 3.48. The summed E-state index contributed by atoms with van der Waals surface area (Å²) in [5.41, 5.74) is 7.37. The molecule has 2 rings (SSSR count). The van der Waals surface area contributed by atoms with E-state index in [2.05, 4.69) is 0 Å². The van der Waals surface area contributed by atoms with E-state index in [0.29, 0.717) is 24.2 Å². The predicted octanol–water partition coefficient (Wildman–Crippen LogP) is 3.02. The van der Waals surface area contributed by atoms with Crippen LogP contribution in [-0.4, -0.2) is 43.9 Å². The Hall–Kier alpha value is -2.66. The molecule has 0 spiro atoms. The third kappa shape index (κ3) is 4.70. The quantitative estimate of drug-likeness (QED) is 0.868. The highest BCUT2D eigenvalue weighted by Gasteiger charge is 2.23. The minimum absolute atomic E-state index is 0.122. The zero-order valence-corrected chi connectivity index (χ0v) is 15.9. The van der Waals surface area contributed by atoms with Crippen molar-refractivity contribution in [3.63, 3.8) is 0 Å². The second-order valence-corrected chi connectivity index (χ2v) is 7.31. The van der Waals surface area contributed by atoms with Crippen LogP contribution in [0.3, 0.4) is 0 Å². The lowest BCUT2D eigenvalue weighted by Gasteiger charge is -2.29. The van der Waals surface area contributed by atoms with Crippen LogP contribution in [0.5, 0.6) is 0 Å². The second kappa shape index (κ2) is 8.15. The Morgan fingerprint density at radius 2 is 1.50 bits per heavy atom. The maximum absolute atomic E-state index is 12.7. The molecule has 2 aromatic rings.